The Morgan fingerprint density at radius 1 is 1.12 bits per heavy atom. The molecule has 0 spiro atoms. The molecule has 0 atom stereocenters. The summed E-state index contributed by atoms with van der Waals surface area (Å²) in [4.78, 5) is 25.5. The van der Waals surface area contributed by atoms with Gasteiger partial charge in [0.05, 0.1) is 0 Å². The molecule has 1 aliphatic heterocycles. The van der Waals surface area contributed by atoms with Gasteiger partial charge in [0, 0.05) is 55.1 Å². The van der Waals surface area contributed by atoms with Crippen molar-refractivity contribution in [2.75, 3.05) is 44.8 Å². The topological polar surface area (TPSA) is 58.6 Å². The van der Waals surface area contributed by atoms with Crippen molar-refractivity contribution >= 4 is 23.3 Å². The monoisotopic (exact) mass is 374 g/mol. The molecular weight excluding hydrogens is 352 g/mol. The molecule has 6 nitrogen and oxygen atoms in total. The number of hydrogen-bond acceptors (Lipinski definition) is 5. The lowest BCUT2D eigenvalue weighted by molar-refractivity contribution is -0.135. The largest absolute Gasteiger partial charge is 0.375 e. The first-order chi connectivity index (χ1) is 12.5. The predicted octanol–water partition coefficient (Wildman–Crippen LogP) is 2.71. The molecule has 1 amide bonds. The summed E-state index contributed by atoms with van der Waals surface area (Å²) in [6.45, 7) is 6.99. The third-order valence-electron chi connectivity index (χ3n) is 4.67. The SMILES string of the molecule is COCC(=O)N1CCN(c2nc(-c3ccc(Cl)cc3)nc(C)c2C)CC1. The summed E-state index contributed by atoms with van der Waals surface area (Å²) >= 11 is 5.98. The number of piperazine rings is 1. The molecule has 0 radical (unpaired) electrons. The molecule has 138 valence electrons. The minimum Gasteiger partial charge on any atom is -0.375 e. The Kier molecular flexibility index (Phi) is 5.74. The number of methoxy groups -OCH3 is 1. The van der Waals surface area contributed by atoms with E-state index in [4.69, 9.17) is 21.3 Å². The first kappa shape index (κ1) is 18.6. The highest BCUT2D eigenvalue weighted by atomic mass is 35.5. The maximum Gasteiger partial charge on any atom is 0.248 e. The highest BCUT2D eigenvalue weighted by Crippen LogP contribution is 2.26. The molecule has 1 aromatic carbocycles. The van der Waals surface area contributed by atoms with Crippen molar-refractivity contribution in [1.29, 1.82) is 0 Å². The zero-order chi connectivity index (χ0) is 18.7. The summed E-state index contributed by atoms with van der Waals surface area (Å²) < 4.78 is 4.94. The summed E-state index contributed by atoms with van der Waals surface area (Å²) in [5.74, 6) is 1.66. The number of rotatable bonds is 4. The molecule has 1 fully saturated rings. The van der Waals surface area contributed by atoms with Crippen LogP contribution in [0.3, 0.4) is 0 Å². The van der Waals surface area contributed by atoms with E-state index in [9.17, 15) is 4.79 Å². The summed E-state index contributed by atoms with van der Waals surface area (Å²) in [7, 11) is 1.54. The Labute approximate surface area is 158 Å². The van der Waals surface area contributed by atoms with Crippen LogP contribution >= 0.6 is 11.6 Å². The van der Waals surface area contributed by atoms with Gasteiger partial charge in [-0.1, -0.05) is 11.6 Å². The predicted molar refractivity (Wildman–Crippen MR) is 103 cm³/mol. The molecule has 0 unspecified atom stereocenters. The van der Waals surface area contributed by atoms with Gasteiger partial charge in [0.25, 0.3) is 0 Å². The Morgan fingerprint density at radius 2 is 1.77 bits per heavy atom. The number of aryl methyl sites for hydroxylation is 1. The Morgan fingerprint density at radius 3 is 2.38 bits per heavy atom. The van der Waals surface area contributed by atoms with Crippen LogP contribution in [0.2, 0.25) is 5.02 Å². The zero-order valence-electron chi connectivity index (χ0n) is 15.3. The minimum absolute atomic E-state index is 0.0320. The highest BCUT2D eigenvalue weighted by Gasteiger charge is 2.24. The molecule has 2 heterocycles. The fourth-order valence-electron chi connectivity index (χ4n) is 3.03. The Balaban J connectivity index is 1.82. The van der Waals surface area contributed by atoms with E-state index < -0.39 is 0 Å². The standard InChI is InChI=1S/C19H23ClN4O2/c1-13-14(2)21-18(15-4-6-16(20)7-5-15)22-19(13)24-10-8-23(9-11-24)17(25)12-26-3/h4-7H,8-12H2,1-3H3. The van der Waals surface area contributed by atoms with Gasteiger partial charge in [-0.15, -0.1) is 0 Å². The van der Waals surface area contributed by atoms with Crippen molar-refractivity contribution in [1.82, 2.24) is 14.9 Å². The normalized spacial score (nSPS) is 14.6. The van der Waals surface area contributed by atoms with Gasteiger partial charge >= 0.3 is 0 Å². The third-order valence-corrected chi connectivity index (χ3v) is 4.92. The first-order valence-electron chi connectivity index (χ1n) is 8.62. The number of amides is 1. The average Bonchev–Trinajstić information content (AvgIpc) is 2.65. The lowest BCUT2D eigenvalue weighted by atomic mass is 10.1. The Bertz CT molecular complexity index is 787. The van der Waals surface area contributed by atoms with Crippen molar-refractivity contribution in [3.8, 4) is 11.4 Å². The van der Waals surface area contributed by atoms with Gasteiger partial charge in [0.15, 0.2) is 5.82 Å². The molecule has 0 aliphatic carbocycles. The quantitative estimate of drug-likeness (QED) is 0.823. The van der Waals surface area contributed by atoms with E-state index in [0.717, 1.165) is 35.7 Å². The number of anilines is 1. The summed E-state index contributed by atoms with van der Waals surface area (Å²) in [6, 6.07) is 7.54. The van der Waals surface area contributed by atoms with Crippen molar-refractivity contribution in [3.05, 3.63) is 40.5 Å². The smallest absolute Gasteiger partial charge is 0.248 e. The zero-order valence-corrected chi connectivity index (χ0v) is 16.1. The maximum atomic E-state index is 12.0. The molecule has 1 aromatic heterocycles. The fraction of sp³-hybridized carbons (Fsp3) is 0.421. The van der Waals surface area contributed by atoms with E-state index in [1.807, 2.05) is 43.0 Å². The number of benzene rings is 1. The second-order valence-corrected chi connectivity index (χ2v) is 6.83. The van der Waals surface area contributed by atoms with Crippen LogP contribution in [-0.4, -0.2) is 60.7 Å². The van der Waals surface area contributed by atoms with Gasteiger partial charge in [-0.05, 0) is 38.1 Å². The van der Waals surface area contributed by atoms with Crippen molar-refractivity contribution in [2.24, 2.45) is 0 Å². The molecule has 0 saturated carbocycles. The molecular formula is C19H23ClN4O2. The molecule has 3 rings (SSSR count). The van der Waals surface area contributed by atoms with Crippen LogP contribution in [0.4, 0.5) is 5.82 Å². The van der Waals surface area contributed by atoms with Gasteiger partial charge in [-0.25, -0.2) is 9.97 Å². The lowest BCUT2D eigenvalue weighted by Gasteiger charge is -2.36. The number of ether oxygens (including phenoxy) is 1. The average molecular weight is 375 g/mol. The number of carbonyl (C=O) groups excluding carboxylic acids is 1. The van der Waals surface area contributed by atoms with E-state index in [1.54, 1.807) is 7.11 Å². The number of nitrogens with zero attached hydrogens (tertiary/aromatic N) is 4. The van der Waals surface area contributed by atoms with Gasteiger partial charge in [0.1, 0.15) is 12.4 Å². The van der Waals surface area contributed by atoms with Crippen molar-refractivity contribution in [3.63, 3.8) is 0 Å². The molecule has 1 saturated heterocycles. The van der Waals surface area contributed by atoms with Crippen LogP contribution in [0, 0.1) is 13.8 Å². The fourth-order valence-corrected chi connectivity index (χ4v) is 3.16. The second kappa shape index (κ2) is 8.01. The maximum absolute atomic E-state index is 12.0. The number of halogens is 1. The number of hydrogen-bond donors (Lipinski definition) is 0. The Hall–Kier alpha value is -2.18. The molecule has 7 heteroatoms. The first-order valence-corrected chi connectivity index (χ1v) is 9.00. The van der Waals surface area contributed by atoms with Crippen LogP contribution in [0.1, 0.15) is 11.3 Å². The van der Waals surface area contributed by atoms with Crippen LogP contribution < -0.4 is 4.90 Å². The van der Waals surface area contributed by atoms with Crippen LogP contribution in [0.5, 0.6) is 0 Å². The highest BCUT2D eigenvalue weighted by molar-refractivity contribution is 6.30. The third kappa shape index (κ3) is 3.97. The number of aromatic nitrogens is 2. The summed E-state index contributed by atoms with van der Waals surface area (Å²) in [5.41, 5.74) is 2.96. The van der Waals surface area contributed by atoms with E-state index in [0.29, 0.717) is 23.9 Å². The lowest BCUT2D eigenvalue weighted by Crippen LogP contribution is -2.50. The summed E-state index contributed by atoms with van der Waals surface area (Å²) in [6.07, 6.45) is 0. The van der Waals surface area contributed by atoms with Crippen LogP contribution in [0.15, 0.2) is 24.3 Å². The van der Waals surface area contributed by atoms with Gasteiger partial charge in [-0.3, -0.25) is 4.79 Å². The van der Waals surface area contributed by atoms with E-state index in [1.165, 1.54) is 0 Å². The van der Waals surface area contributed by atoms with Gasteiger partial charge in [-0.2, -0.15) is 0 Å². The van der Waals surface area contributed by atoms with Crippen LogP contribution in [-0.2, 0) is 9.53 Å². The molecule has 0 bridgehead atoms. The van der Waals surface area contributed by atoms with Crippen molar-refractivity contribution in [2.45, 2.75) is 13.8 Å². The van der Waals surface area contributed by atoms with Crippen molar-refractivity contribution < 1.29 is 9.53 Å². The second-order valence-electron chi connectivity index (χ2n) is 6.39. The van der Waals surface area contributed by atoms with E-state index >= 15 is 0 Å². The van der Waals surface area contributed by atoms with E-state index in [2.05, 4.69) is 9.88 Å². The number of carbonyl (C=O) groups is 1. The van der Waals surface area contributed by atoms with Gasteiger partial charge < -0.3 is 14.5 Å². The molecule has 26 heavy (non-hydrogen) atoms. The molecule has 2 aromatic rings. The molecule has 0 N–H and O–H groups in total. The molecule has 1 aliphatic rings. The van der Waals surface area contributed by atoms with Crippen LogP contribution in [0.25, 0.3) is 11.4 Å². The van der Waals surface area contributed by atoms with E-state index in [-0.39, 0.29) is 12.5 Å². The van der Waals surface area contributed by atoms with Gasteiger partial charge in [0.2, 0.25) is 5.91 Å². The summed E-state index contributed by atoms with van der Waals surface area (Å²) in [5, 5.41) is 0.689. The minimum atomic E-state index is 0.0320.